The van der Waals surface area contributed by atoms with Crippen molar-refractivity contribution in [1.29, 1.82) is 0 Å². The molecule has 2 heterocycles. The number of anilines is 1. The van der Waals surface area contributed by atoms with Gasteiger partial charge in [-0.15, -0.1) is 0 Å². The Morgan fingerprint density at radius 2 is 2.07 bits per heavy atom. The highest BCUT2D eigenvalue weighted by atomic mass is 35.5. The van der Waals surface area contributed by atoms with Crippen LogP contribution < -0.4 is 5.32 Å². The van der Waals surface area contributed by atoms with Crippen molar-refractivity contribution in [3.8, 4) is 0 Å². The third-order valence-electron chi connectivity index (χ3n) is 4.74. The Morgan fingerprint density at radius 1 is 1.33 bits per heavy atom. The van der Waals surface area contributed by atoms with E-state index in [4.69, 9.17) is 11.6 Å². The first-order chi connectivity index (χ1) is 14.3. The molecule has 1 amide bonds. The number of piperidine rings is 1. The number of carbonyl (C=O) groups is 1. The Morgan fingerprint density at radius 3 is 2.73 bits per heavy atom. The summed E-state index contributed by atoms with van der Waals surface area (Å²) >= 11 is 7.55. The standard InChI is InChI=1S/C20H25ClN4O3S2/c1-3-11-29-20-22-12-17(21)18(24-20)19(26)23-15-6-8-16(9-7-15)30(27,28)25-10-4-5-14(2)13-25/h6-9,12,14H,3-5,10-11,13H2,1-2H3,(H,23,26)/t14-/m1/s1. The van der Waals surface area contributed by atoms with Crippen LogP contribution in [0.2, 0.25) is 5.02 Å². The van der Waals surface area contributed by atoms with Crippen LogP contribution in [0.3, 0.4) is 0 Å². The number of halogens is 1. The van der Waals surface area contributed by atoms with Crippen LogP contribution in [0.25, 0.3) is 0 Å². The zero-order chi connectivity index (χ0) is 21.7. The maximum absolute atomic E-state index is 12.9. The van der Waals surface area contributed by atoms with Gasteiger partial charge in [0.05, 0.1) is 16.1 Å². The summed E-state index contributed by atoms with van der Waals surface area (Å²) in [5, 5.41) is 3.36. The molecule has 1 saturated heterocycles. The van der Waals surface area contributed by atoms with E-state index < -0.39 is 15.9 Å². The van der Waals surface area contributed by atoms with E-state index in [1.807, 2.05) is 6.92 Å². The van der Waals surface area contributed by atoms with Crippen LogP contribution in [0.5, 0.6) is 0 Å². The topological polar surface area (TPSA) is 92.3 Å². The van der Waals surface area contributed by atoms with E-state index in [0.717, 1.165) is 25.0 Å². The second-order valence-electron chi connectivity index (χ2n) is 7.29. The van der Waals surface area contributed by atoms with Gasteiger partial charge in [-0.1, -0.05) is 37.2 Å². The van der Waals surface area contributed by atoms with Crippen molar-refractivity contribution in [1.82, 2.24) is 14.3 Å². The molecule has 0 spiro atoms. The lowest BCUT2D eigenvalue weighted by Gasteiger charge is -2.30. The fraction of sp³-hybridized carbons (Fsp3) is 0.450. The zero-order valence-corrected chi connectivity index (χ0v) is 19.4. The highest BCUT2D eigenvalue weighted by molar-refractivity contribution is 7.99. The Kier molecular flexibility index (Phi) is 7.73. The highest BCUT2D eigenvalue weighted by Gasteiger charge is 2.28. The lowest BCUT2D eigenvalue weighted by molar-refractivity contribution is 0.102. The van der Waals surface area contributed by atoms with Crippen LogP contribution in [0.15, 0.2) is 40.5 Å². The molecule has 0 aliphatic carbocycles. The molecule has 1 atom stereocenters. The fourth-order valence-corrected chi connectivity index (χ4v) is 5.63. The average Bonchev–Trinajstić information content (AvgIpc) is 2.73. The number of aromatic nitrogens is 2. The Labute approximate surface area is 186 Å². The summed E-state index contributed by atoms with van der Waals surface area (Å²) in [6.45, 7) is 5.18. The molecule has 1 N–H and O–H groups in total. The maximum Gasteiger partial charge on any atom is 0.275 e. The lowest BCUT2D eigenvalue weighted by atomic mass is 10.0. The van der Waals surface area contributed by atoms with E-state index in [0.29, 0.717) is 29.9 Å². The van der Waals surface area contributed by atoms with Gasteiger partial charge in [-0.2, -0.15) is 4.31 Å². The minimum atomic E-state index is -3.54. The summed E-state index contributed by atoms with van der Waals surface area (Å²) in [6.07, 6.45) is 4.29. The van der Waals surface area contributed by atoms with E-state index in [-0.39, 0.29) is 15.6 Å². The van der Waals surface area contributed by atoms with Crippen LogP contribution in [0.4, 0.5) is 5.69 Å². The first kappa shape index (κ1) is 23.0. The molecule has 0 unspecified atom stereocenters. The smallest absolute Gasteiger partial charge is 0.275 e. The average molecular weight is 469 g/mol. The van der Waals surface area contributed by atoms with Gasteiger partial charge in [-0.3, -0.25) is 4.79 Å². The van der Waals surface area contributed by atoms with Crippen LogP contribution >= 0.6 is 23.4 Å². The van der Waals surface area contributed by atoms with Crippen LogP contribution in [0, 0.1) is 5.92 Å². The summed E-state index contributed by atoms with van der Waals surface area (Å²) < 4.78 is 27.2. The van der Waals surface area contributed by atoms with Crippen molar-refractivity contribution in [3.63, 3.8) is 0 Å². The van der Waals surface area contributed by atoms with Crippen molar-refractivity contribution in [3.05, 3.63) is 41.2 Å². The minimum Gasteiger partial charge on any atom is -0.321 e. The number of amides is 1. The molecule has 1 aliphatic rings. The largest absolute Gasteiger partial charge is 0.321 e. The van der Waals surface area contributed by atoms with Crippen molar-refractivity contribution in [2.24, 2.45) is 5.92 Å². The highest BCUT2D eigenvalue weighted by Crippen LogP contribution is 2.25. The molecule has 2 aromatic rings. The van der Waals surface area contributed by atoms with Gasteiger partial charge in [-0.25, -0.2) is 18.4 Å². The van der Waals surface area contributed by atoms with E-state index in [1.54, 1.807) is 12.1 Å². The first-order valence-electron chi connectivity index (χ1n) is 9.88. The molecule has 30 heavy (non-hydrogen) atoms. The van der Waals surface area contributed by atoms with Crippen molar-refractivity contribution < 1.29 is 13.2 Å². The number of carbonyl (C=O) groups excluding carboxylic acids is 1. The second-order valence-corrected chi connectivity index (χ2v) is 10.7. The van der Waals surface area contributed by atoms with Crippen molar-refractivity contribution in [2.45, 2.75) is 43.2 Å². The number of rotatable bonds is 7. The van der Waals surface area contributed by atoms with Gasteiger partial charge in [0.25, 0.3) is 5.91 Å². The number of nitrogens with zero attached hydrogens (tertiary/aromatic N) is 3. The molecule has 1 aliphatic heterocycles. The molecule has 0 saturated carbocycles. The summed E-state index contributed by atoms with van der Waals surface area (Å²) in [6, 6.07) is 6.16. The summed E-state index contributed by atoms with van der Waals surface area (Å²) in [5.74, 6) is 0.723. The first-order valence-corrected chi connectivity index (χ1v) is 12.7. The monoisotopic (exact) mass is 468 g/mol. The number of hydrogen-bond acceptors (Lipinski definition) is 6. The maximum atomic E-state index is 12.9. The molecule has 0 bridgehead atoms. The number of nitrogens with one attached hydrogen (secondary N) is 1. The van der Waals surface area contributed by atoms with Gasteiger partial charge < -0.3 is 5.32 Å². The Hall–Kier alpha value is -1.68. The normalized spacial score (nSPS) is 17.6. The number of benzene rings is 1. The predicted octanol–water partition coefficient (Wildman–Crippen LogP) is 4.31. The molecular weight excluding hydrogens is 444 g/mol. The molecule has 3 rings (SSSR count). The van der Waals surface area contributed by atoms with Crippen molar-refractivity contribution in [2.75, 3.05) is 24.2 Å². The fourth-order valence-electron chi connectivity index (χ4n) is 3.19. The van der Waals surface area contributed by atoms with Crippen molar-refractivity contribution >= 4 is 45.0 Å². The molecule has 7 nitrogen and oxygen atoms in total. The van der Waals surface area contributed by atoms with Gasteiger partial charge in [-0.05, 0) is 49.4 Å². The number of thioether (sulfide) groups is 1. The molecule has 1 fully saturated rings. The Bertz CT molecular complexity index is 1000. The van der Waals surface area contributed by atoms with Gasteiger partial charge in [0.1, 0.15) is 0 Å². The van der Waals surface area contributed by atoms with E-state index in [1.165, 1.54) is 34.4 Å². The third-order valence-corrected chi connectivity index (χ3v) is 7.97. The SMILES string of the molecule is CCCSc1ncc(Cl)c(C(=O)Nc2ccc(S(=O)(=O)N3CCC[C@@H](C)C3)cc2)n1. The molecule has 10 heteroatoms. The predicted molar refractivity (Wildman–Crippen MR) is 120 cm³/mol. The van der Waals surface area contributed by atoms with Crippen LogP contribution in [-0.2, 0) is 10.0 Å². The quantitative estimate of drug-likeness (QED) is 0.481. The summed E-state index contributed by atoms with van der Waals surface area (Å²) in [5.41, 5.74) is 0.549. The summed E-state index contributed by atoms with van der Waals surface area (Å²) in [7, 11) is -3.54. The molecule has 162 valence electrons. The van der Waals surface area contributed by atoms with Gasteiger partial charge >= 0.3 is 0 Å². The number of sulfonamides is 1. The Balaban J connectivity index is 1.72. The van der Waals surface area contributed by atoms with Gasteiger partial charge in [0.2, 0.25) is 10.0 Å². The molecule has 0 radical (unpaired) electrons. The zero-order valence-electron chi connectivity index (χ0n) is 17.0. The third kappa shape index (κ3) is 5.51. The van der Waals surface area contributed by atoms with Crippen LogP contribution in [-0.4, -0.2) is 47.4 Å². The molecule has 1 aromatic heterocycles. The van der Waals surface area contributed by atoms with E-state index in [9.17, 15) is 13.2 Å². The lowest BCUT2D eigenvalue weighted by Crippen LogP contribution is -2.39. The van der Waals surface area contributed by atoms with E-state index >= 15 is 0 Å². The second kappa shape index (κ2) is 10.1. The molecular formula is C20H25ClN4O3S2. The van der Waals surface area contributed by atoms with Gasteiger partial charge in [0.15, 0.2) is 10.9 Å². The number of hydrogen-bond donors (Lipinski definition) is 1. The molecule has 1 aromatic carbocycles. The summed E-state index contributed by atoms with van der Waals surface area (Å²) in [4.78, 5) is 21.2. The van der Waals surface area contributed by atoms with Crippen LogP contribution in [0.1, 0.15) is 43.6 Å². The minimum absolute atomic E-state index is 0.0873. The van der Waals surface area contributed by atoms with E-state index in [2.05, 4.69) is 22.2 Å². The van der Waals surface area contributed by atoms with Gasteiger partial charge in [0, 0.05) is 24.5 Å².